The minimum Gasteiger partial charge on any atom is -0.310 e. The highest BCUT2D eigenvalue weighted by atomic mass is 35.5. The summed E-state index contributed by atoms with van der Waals surface area (Å²) in [7, 11) is 0. The molecule has 0 aliphatic carbocycles. The monoisotopic (exact) mass is 235 g/mol. The molecule has 1 nitrogen and oxygen atoms in total. The van der Waals surface area contributed by atoms with E-state index in [0.29, 0.717) is 12.4 Å². The fraction of sp³-hybridized carbons (Fsp3) is 1.00. The van der Waals surface area contributed by atoms with Crippen molar-refractivity contribution in [1.82, 2.24) is 5.32 Å². The molecule has 0 rings (SSSR count). The van der Waals surface area contributed by atoms with Gasteiger partial charge in [-0.25, -0.2) is 0 Å². The zero-order valence-corrected chi connectivity index (χ0v) is 9.11. The van der Waals surface area contributed by atoms with Gasteiger partial charge >= 0.3 is 5.51 Å². The van der Waals surface area contributed by atoms with Crippen LogP contribution in [-0.2, 0) is 0 Å². The number of hydrogen-bond acceptors (Lipinski definition) is 2. The van der Waals surface area contributed by atoms with Crippen molar-refractivity contribution in [2.75, 3.05) is 18.2 Å². The third-order valence-corrected chi connectivity index (χ3v) is 2.71. The fourth-order valence-electron chi connectivity index (χ4n) is 0.603. The van der Waals surface area contributed by atoms with Crippen molar-refractivity contribution in [2.45, 2.75) is 24.9 Å². The number of halogens is 4. The van der Waals surface area contributed by atoms with Crippen molar-refractivity contribution in [3.8, 4) is 0 Å². The Labute approximate surface area is 85.4 Å². The summed E-state index contributed by atoms with van der Waals surface area (Å²) in [5, 5.41) is 2.93. The van der Waals surface area contributed by atoms with Crippen LogP contribution in [-0.4, -0.2) is 29.2 Å². The number of rotatable bonds is 5. The lowest BCUT2D eigenvalue weighted by Crippen LogP contribution is -2.42. The molecule has 0 fully saturated rings. The normalized spacial score (nSPS) is 13.4. The average molecular weight is 236 g/mol. The van der Waals surface area contributed by atoms with Gasteiger partial charge in [0.05, 0.1) is 0 Å². The molecular formula is C7H13ClF3NS. The summed E-state index contributed by atoms with van der Waals surface area (Å²) >= 11 is 5.55. The topological polar surface area (TPSA) is 12.0 Å². The molecule has 80 valence electrons. The summed E-state index contributed by atoms with van der Waals surface area (Å²) in [5.41, 5.74) is -4.43. The van der Waals surface area contributed by atoms with Gasteiger partial charge in [0.2, 0.25) is 0 Å². The van der Waals surface area contributed by atoms with E-state index in [9.17, 15) is 13.2 Å². The van der Waals surface area contributed by atoms with Crippen LogP contribution in [0.5, 0.6) is 0 Å². The van der Waals surface area contributed by atoms with Crippen LogP contribution in [0.1, 0.15) is 13.8 Å². The van der Waals surface area contributed by atoms with E-state index in [1.807, 2.05) is 13.8 Å². The van der Waals surface area contributed by atoms with Crippen LogP contribution in [0.4, 0.5) is 13.2 Å². The zero-order chi connectivity index (χ0) is 10.5. The molecule has 0 bridgehead atoms. The van der Waals surface area contributed by atoms with Gasteiger partial charge in [0.25, 0.3) is 0 Å². The summed E-state index contributed by atoms with van der Waals surface area (Å²) in [6.07, 6.45) is 0. The minimum atomic E-state index is -4.13. The predicted molar refractivity (Wildman–Crippen MR) is 51.3 cm³/mol. The Morgan fingerprint density at radius 1 is 1.31 bits per heavy atom. The molecule has 0 aromatic rings. The molecule has 0 spiro atoms. The highest BCUT2D eigenvalue weighted by Gasteiger charge is 2.27. The molecule has 1 N–H and O–H groups in total. The lowest BCUT2D eigenvalue weighted by atomic mass is 10.1. The lowest BCUT2D eigenvalue weighted by molar-refractivity contribution is -0.0327. The van der Waals surface area contributed by atoms with E-state index in [2.05, 4.69) is 5.32 Å². The van der Waals surface area contributed by atoms with Gasteiger partial charge in [-0.3, -0.25) is 0 Å². The molecule has 0 atom stereocenters. The first-order chi connectivity index (χ1) is 5.77. The van der Waals surface area contributed by atoms with Gasteiger partial charge < -0.3 is 5.32 Å². The molecule has 6 heteroatoms. The third-order valence-electron chi connectivity index (χ3n) is 1.31. The second-order valence-corrected chi connectivity index (χ2v) is 4.67. The van der Waals surface area contributed by atoms with Gasteiger partial charge in [-0.15, -0.1) is 11.6 Å². The van der Waals surface area contributed by atoms with E-state index >= 15 is 0 Å². The quantitative estimate of drug-likeness (QED) is 0.581. The number of alkyl halides is 4. The van der Waals surface area contributed by atoms with Gasteiger partial charge in [0, 0.05) is 23.7 Å². The number of nitrogens with one attached hydrogen (secondary N) is 1. The van der Waals surface area contributed by atoms with Crippen molar-refractivity contribution >= 4 is 23.4 Å². The predicted octanol–water partition coefficient (Wildman–Crippen LogP) is 2.85. The smallest absolute Gasteiger partial charge is 0.310 e. The summed E-state index contributed by atoms with van der Waals surface area (Å²) in [4.78, 5) is 0. The van der Waals surface area contributed by atoms with Crippen LogP contribution in [0.3, 0.4) is 0 Å². The van der Waals surface area contributed by atoms with Crippen LogP contribution < -0.4 is 5.32 Å². The molecular weight excluding hydrogens is 223 g/mol. The van der Waals surface area contributed by atoms with Crippen LogP contribution in [0.25, 0.3) is 0 Å². The molecule has 0 unspecified atom stereocenters. The summed E-state index contributed by atoms with van der Waals surface area (Å²) in [6.45, 7) is 4.00. The van der Waals surface area contributed by atoms with Crippen molar-refractivity contribution < 1.29 is 13.2 Å². The fourth-order valence-corrected chi connectivity index (χ4v) is 1.13. The zero-order valence-electron chi connectivity index (χ0n) is 7.54. The third kappa shape index (κ3) is 8.71. The van der Waals surface area contributed by atoms with Crippen molar-refractivity contribution in [1.29, 1.82) is 0 Å². The van der Waals surface area contributed by atoms with Crippen LogP contribution in [0.2, 0.25) is 0 Å². The molecule has 0 heterocycles. The number of thioether (sulfide) groups is 1. The average Bonchev–Trinajstić information content (AvgIpc) is 1.97. The molecule has 0 aliphatic heterocycles. The summed E-state index contributed by atoms with van der Waals surface area (Å²) in [6, 6.07) is 0. The standard InChI is InChI=1S/C7H13ClF3NS/c1-6(2,5-8)12-3-4-13-7(9,10)11/h12H,3-5H2,1-2H3. The Bertz CT molecular complexity index is 149. The van der Waals surface area contributed by atoms with E-state index in [4.69, 9.17) is 11.6 Å². The Balaban J connectivity index is 3.47. The molecule has 13 heavy (non-hydrogen) atoms. The second kappa shape index (κ2) is 5.32. The molecule has 0 saturated heterocycles. The number of hydrogen-bond donors (Lipinski definition) is 1. The SMILES string of the molecule is CC(C)(CCl)NCCSC(F)(F)F. The maximum atomic E-state index is 11.7. The summed E-state index contributed by atoms with van der Waals surface area (Å²) in [5.74, 6) is 0.396. The molecule has 0 saturated carbocycles. The first-order valence-electron chi connectivity index (χ1n) is 3.78. The van der Waals surface area contributed by atoms with Crippen molar-refractivity contribution in [3.63, 3.8) is 0 Å². The van der Waals surface area contributed by atoms with Gasteiger partial charge in [0.1, 0.15) is 0 Å². The highest BCUT2D eigenvalue weighted by Crippen LogP contribution is 2.29. The van der Waals surface area contributed by atoms with E-state index < -0.39 is 5.51 Å². The van der Waals surface area contributed by atoms with Gasteiger partial charge in [-0.2, -0.15) is 13.2 Å². The van der Waals surface area contributed by atoms with Crippen molar-refractivity contribution in [2.24, 2.45) is 0 Å². The molecule has 0 amide bonds. The van der Waals surface area contributed by atoms with E-state index in [0.717, 1.165) is 0 Å². The van der Waals surface area contributed by atoms with Crippen LogP contribution in [0.15, 0.2) is 0 Å². The Hall–Kier alpha value is 0.390. The van der Waals surface area contributed by atoms with Crippen LogP contribution >= 0.6 is 23.4 Å². The van der Waals surface area contributed by atoms with Crippen molar-refractivity contribution in [3.05, 3.63) is 0 Å². The van der Waals surface area contributed by atoms with E-state index in [1.54, 1.807) is 0 Å². The maximum absolute atomic E-state index is 11.7. The first kappa shape index (κ1) is 13.4. The molecule has 0 radical (unpaired) electrons. The van der Waals surface area contributed by atoms with Crippen LogP contribution in [0, 0.1) is 0 Å². The highest BCUT2D eigenvalue weighted by molar-refractivity contribution is 8.00. The molecule has 0 aliphatic rings. The van der Waals surface area contributed by atoms with E-state index in [1.165, 1.54) is 0 Å². The molecule has 0 aromatic carbocycles. The van der Waals surface area contributed by atoms with Gasteiger partial charge in [-0.1, -0.05) is 0 Å². The van der Waals surface area contributed by atoms with Gasteiger partial charge in [0.15, 0.2) is 0 Å². The largest absolute Gasteiger partial charge is 0.441 e. The Morgan fingerprint density at radius 3 is 2.23 bits per heavy atom. The van der Waals surface area contributed by atoms with Gasteiger partial charge in [-0.05, 0) is 25.6 Å². The Kier molecular flexibility index (Phi) is 5.47. The minimum absolute atomic E-state index is 0.0177. The second-order valence-electron chi connectivity index (χ2n) is 3.24. The summed E-state index contributed by atoms with van der Waals surface area (Å²) < 4.78 is 35.0. The van der Waals surface area contributed by atoms with E-state index in [-0.39, 0.29) is 23.1 Å². The Morgan fingerprint density at radius 2 is 1.85 bits per heavy atom. The lowest BCUT2D eigenvalue weighted by Gasteiger charge is -2.23. The molecule has 0 aromatic heterocycles. The maximum Gasteiger partial charge on any atom is 0.441 e. The first-order valence-corrected chi connectivity index (χ1v) is 5.30.